The quantitative estimate of drug-likeness (QED) is 0.527. The number of carbonyl (C=O) groups is 2. The van der Waals surface area contributed by atoms with E-state index in [2.05, 4.69) is 6.07 Å². The zero-order chi connectivity index (χ0) is 18.8. The Labute approximate surface area is 161 Å². The molecule has 1 aliphatic heterocycles. The lowest BCUT2D eigenvalue weighted by Gasteiger charge is -2.24. The number of likely N-dealkylation sites (tertiary alicyclic amines) is 1. The molecule has 1 atom stereocenters. The van der Waals surface area contributed by atoms with Crippen LogP contribution < -0.4 is 0 Å². The van der Waals surface area contributed by atoms with Crippen LogP contribution in [-0.2, 0) is 16.0 Å². The number of carbonyl (C=O) groups excluding carboxylic acids is 2. The first-order valence-electron chi connectivity index (χ1n) is 9.52. The molecule has 140 valence electrons. The SMILES string of the molecule is N#CCCCCCCN1C(=O)CC[C@@H]1CCC(=O)Cc1cccc(Cl)c1. The Balaban J connectivity index is 1.72. The third kappa shape index (κ3) is 6.80. The molecule has 2 rings (SSSR count). The second-order valence-electron chi connectivity index (χ2n) is 6.99. The molecular weight excluding hydrogens is 348 g/mol. The number of nitrogens with zero attached hydrogens (tertiary/aromatic N) is 2. The molecule has 1 amide bonds. The van der Waals surface area contributed by atoms with Gasteiger partial charge in [-0.15, -0.1) is 0 Å². The Morgan fingerprint density at radius 2 is 2.08 bits per heavy atom. The first-order chi connectivity index (χ1) is 12.6. The van der Waals surface area contributed by atoms with Crippen molar-refractivity contribution in [3.63, 3.8) is 0 Å². The van der Waals surface area contributed by atoms with E-state index in [9.17, 15) is 9.59 Å². The van der Waals surface area contributed by atoms with Crippen molar-refractivity contribution in [2.45, 2.75) is 70.3 Å². The van der Waals surface area contributed by atoms with Gasteiger partial charge in [0.1, 0.15) is 5.78 Å². The van der Waals surface area contributed by atoms with E-state index in [0.717, 1.165) is 50.6 Å². The van der Waals surface area contributed by atoms with E-state index < -0.39 is 0 Å². The molecule has 1 heterocycles. The summed E-state index contributed by atoms with van der Waals surface area (Å²) in [6.45, 7) is 0.776. The standard InChI is InChI=1S/C21H27ClN2O2/c22-18-8-6-7-17(15-18)16-20(25)11-9-19-10-12-21(26)24(19)14-5-3-1-2-4-13-23/h6-8,15,19H,1-5,9-12,14,16H2/t19-/m0/s1. The maximum absolute atomic E-state index is 12.3. The molecule has 0 spiro atoms. The van der Waals surface area contributed by atoms with Gasteiger partial charge in [0.25, 0.3) is 0 Å². The molecule has 0 N–H and O–H groups in total. The van der Waals surface area contributed by atoms with Crippen LogP contribution in [0, 0.1) is 11.3 Å². The number of hydrogen-bond acceptors (Lipinski definition) is 3. The zero-order valence-electron chi connectivity index (χ0n) is 15.3. The highest BCUT2D eigenvalue weighted by Gasteiger charge is 2.30. The van der Waals surface area contributed by atoms with Crippen LogP contribution in [0.3, 0.4) is 0 Å². The van der Waals surface area contributed by atoms with Gasteiger partial charge in [0, 0.05) is 43.3 Å². The minimum absolute atomic E-state index is 0.197. The number of rotatable bonds is 11. The molecule has 0 radical (unpaired) electrons. The highest BCUT2D eigenvalue weighted by atomic mass is 35.5. The lowest BCUT2D eigenvalue weighted by molar-refractivity contribution is -0.129. The normalized spacial score (nSPS) is 16.7. The van der Waals surface area contributed by atoms with Gasteiger partial charge in [0.05, 0.1) is 6.07 Å². The van der Waals surface area contributed by atoms with Gasteiger partial charge in [0.15, 0.2) is 0 Å². The second kappa shape index (κ2) is 11.0. The fourth-order valence-corrected chi connectivity index (χ4v) is 3.74. The largest absolute Gasteiger partial charge is 0.340 e. The number of amides is 1. The van der Waals surface area contributed by atoms with Gasteiger partial charge in [-0.05, 0) is 43.4 Å². The van der Waals surface area contributed by atoms with Crippen LogP contribution in [0.15, 0.2) is 24.3 Å². The van der Waals surface area contributed by atoms with Crippen molar-refractivity contribution in [2.75, 3.05) is 6.54 Å². The molecule has 1 aromatic carbocycles. The summed E-state index contributed by atoms with van der Waals surface area (Å²) < 4.78 is 0. The Kier molecular flexibility index (Phi) is 8.64. The van der Waals surface area contributed by atoms with Crippen LogP contribution in [0.4, 0.5) is 0 Å². The van der Waals surface area contributed by atoms with Crippen molar-refractivity contribution in [3.05, 3.63) is 34.9 Å². The Bertz CT molecular complexity index is 654. The van der Waals surface area contributed by atoms with Crippen LogP contribution in [0.2, 0.25) is 5.02 Å². The van der Waals surface area contributed by atoms with E-state index in [1.54, 1.807) is 6.07 Å². The van der Waals surface area contributed by atoms with E-state index in [0.29, 0.717) is 30.7 Å². The number of benzene rings is 1. The molecule has 0 bridgehead atoms. The zero-order valence-corrected chi connectivity index (χ0v) is 16.0. The lowest BCUT2D eigenvalue weighted by atomic mass is 10.0. The number of Topliss-reactive ketones (excluding diaryl/α,β-unsaturated/α-hetero) is 1. The van der Waals surface area contributed by atoms with Gasteiger partial charge in [-0.25, -0.2) is 0 Å². The number of nitriles is 1. The molecule has 0 aromatic heterocycles. The highest BCUT2D eigenvalue weighted by Crippen LogP contribution is 2.24. The summed E-state index contributed by atoms with van der Waals surface area (Å²) in [6, 6.07) is 9.77. The molecule has 1 fully saturated rings. The van der Waals surface area contributed by atoms with Crippen molar-refractivity contribution in [1.29, 1.82) is 5.26 Å². The van der Waals surface area contributed by atoms with Crippen molar-refractivity contribution >= 4 is 23.3 Å². The van der Waals surface area contributed by atoms with Crippen molar-refractivity contribution in [1.82, 2.24) is 4.90 Å². The third-order valence-corrected chi connectivity index (χ3v) is 5.17. The maximum Gasteiger partial charge on any atom is 0.222 e. The van der Waals surface area contributed by atoms with Crippen LogP contribution in [-0.4, -0.2) is 29.2 Å². The van der Waals surface area contributed by atoms with Crippen molar-refractivity contribution in [3.8, 4) is 6.07 Å². The number of ketones is 1. The Hall–Kier alpha value is -1.86. The summed E-state index contributed by atoms with van der Waals surface area (Å²) in [5.74, 6) is 0.414. The van der Waals surface area contributed by atoms with Gasteiger partial charge >= 0.3 is 0 Å². The molecule has 0 unspecified atom stereocenters. The average molecular weight is 375 g/mol. The van der Waals surface area contributed by atoms with Gasteiger partial charge < -0.3 is 4.90 Å². The molecule has 26 heavy (non-hydrogen) atoms. The lowest BCUT2D eigenvalue weighted by Crippen LogP contribution is -2.34. The predicted octanol–water partition coefficient (Wildman–Crippen LogP) is 4.70. The second-order valence-corrected chi connectivity index (χ2v) is 7.42. The summed E-state index contributed by atoms with van der Waals surface area (Å²) in [5, 5.41) is 9.19. The van der Waals surface area contributed by atoms with Gasteiger partial charge in [0.2, 0.25) is 5.91 Å². The van der Waals surface area contributed by atoms with E-state index >= 15 is 0 Å². The fourth-order valence-electron chi connectivity index (χ4n) is 3.53. The first kappa shape index (κ1) is 20.5. The van der Waals surface area contributed by atoms with E-state index in [4.69, 9.17) is 16.9 Å². The van der Waals surface area contributed by atoms with Crippen LogP contribution in [0.1, 0.15) is 63.4 Å². The maximum atomic E-state index is 12.3. The van der Waals surface area contributed by atoms with E-state index in [1.165, 1.54) is 0 Å². The summed E-state index contributed by atoms with van der Waals surface area (Å²) in [4.78, 5) is 26.3. The minimum atomic E-state index is 0.197. The van der Waals surface area contributed by atoms with Crippen LogP contribution in [0.5, 0.6) is 0 Å². The molecule has 1 saturated heterocycles. The summed E-state index contributed by atoms with van der Waals surface area (Å²) in [7, 11) is 0. The molecule has 0 aliphatic carbocycles. The fraction of sp³-hybridized carbons (Fsp3) is 0.571. The Morgan fingerprint density at radius 1 is 1.27 bits per heavy atom. The van der Waals surface area contributed by atoms with E-state index in [-0.39, 0.29) is 17.7 Å². The molecular formula is C21H27ClN2O2. The molecule has 4 nitrogen and oxygen atoms in total. The number of halogens is 1. The van der Waals surface area contributed by atoms with Crippen LogP contribution in [0.25, 0.3) is 0 Å². The summed E-state index contributed by atoms with van der Waals surface area (Å²) in [5.41, 5.74) is 0.944. The molecule has 1 aromatic rings. The predicted molar refractivity (Wildman–Crippen MR) is 103 cm³/mol. The summed E-state index contributed by atoms with van der Waals surface area (Å²) in [6.07, 6.45) is 7.72. The van der Waals surface area contributed by atoms with Crippen molar-refractivity contribution < 1.29 is 9.59 Å². The monoisotopic (exact) mass is 374 g/mol. The topological polar surface area (TPSA) is 61.2 Å². The Morgan fingerprint density at radius 3 is 2.85 bits per heavy atom. The van der Waals surface area contributed by atoms with E-state index in [1.807, 2.05) is 23.1 Å². The molecule has 0 saturated carbocycles. The number of hydrogen-bond donors (Lipinski definition) is 0. The van der Waals surface area contributed by atoms with Gasteiger partial charge in [-0.3, -0.25) is 9.59 Å². The first-order valence-corrected chi connectivity index (χ1v) is 9.90. The van der Waals surface area contributed by atoms with Crippen molar-refractivity contribution in [2.24, 2.45) is 0 Å². The summed E-state index contributed by atoms with van der Waals surface area (Å²) >= 11 is 5.96. The number of unbranched alkanes of at least 4 members (excludes halogenated alkanes) is 4. The molecule has 1 aliphatic rings. The third-order valence-electron chi connectivity index (χ3n) is 4.94. The highest BCUT2D eigenvalue weighted by molar-refractivity contribution is 6.30. The minimum Gasteiger partial charge on any atom is -0.340 e. The van der Waals surface area contributed by atoms with Gasteiger partial charge in [-0.2, -0.15) is 5.26 Å². The molecule has 5 heteroatoms. The van der Waals surface area contributed by atoms with Gasteiger partial charge in [-0.1, -0.05) is 36.6 Å². The smallest absolute Gasteiger partial charge is 0.222 e. The van der Waals surface area contributed by atoms with Crippen LogP contribution >= 0.6 is 11.6 Å². The average Bonchev–Trinajstić information content (AvgIpc) is 2.96.